The minimum Gasteiger partial charge on any atom is -0.337 e. The minimum absolute atomic E-state index is 0.137. The molecular formula is C16H12ClN5O2. The first-order valence-electron chi connectivity index (χ1n) is 7.24. The lowest BCUT2D eigenvalue weighted by Gasteiger charge is -2.01. The molecule has 0 N–H and O–H groups in total. The lowest BCUT2D eigenvalue weighted by Crippen LogP contribution is -2.21. The zero-order valence-electron chi connectivity index (χ0n) is 12.7. The molecule has 0 atom stereocenters. The molecule has 0 radical (unpaired) electrons. The average Bonchev–Trinajstić information content (AvgIpc) is 3.12. The molecule has 7 nitrogen and oxygen atoms in total. The monoisotopic (exact) mass is 341 g/mol. The SMILES string of the molecule is Cc1noc(Cn2nc3ccc(-c4ccc(Cl)cc4)cn3c2=O)n1. The highest BCUT2D eigenvalue weighted by atomic mass is 35.5. The molecule has 0 bridgehead atoms. The Morgan fingerprint density at radius 2 is 1.88 bits per heavy atom. The third-order valence-electron chi connectivity index (χ3n) is 3.61. The van der Waals surface area contributed by atoms with Gasteiger partial charge in [0, 0.05) is 11.2 Å². The Morgan fingerprint density at radius 1 is 1.12 bits per heavy atom. The highest BCUT2D eigenvalue weighted by Gasteiger charge is 2.11. The molecule has 1 aromatic carbocycles. The standard InChI is InChI=1S/C16H12ClN5O2/c1-10-18-15(24-20-10)9-22-16(23)21-8-12(4-7-14(21)19-22)11-2-5-13(17)6-3-11/h2-8H,9H2,1H3. The largest absolute Gasteiger partial charge is 0.350 e. The van der Waals surface area contributed by atoms with Crippen molar-refractivity contribution in [2.45, 2.75) is 13.5 Å². The van der Waals surface area contributed by atoms with E-state index in [1.807, 2.05) is 30.3 Å². The first-order chi connectivity index (χ1) is 11.6. The molecule has 8 heteroatoms. The third kappa shape index (κ3) is 2.59. The summed E-state index contributed by atoms with van der Waals surface area (Å²) in [6.45, 7) is 1.86. The van der Waals surface area contributed by atoms with Gasteiger partial charge in [0.25, 0.3) is 0 Å². The van der Waals surface area contributed by atoms with Crippen LogP contribution in [-0.2, 0) is 6.54 Å². The summed E-state index contributed by atoms with van der Waals surface area (Å²) < 4.78 is 7.83. The number of fused-ring (bicyclic) bond motifs is 1. The van der Waals surface area contributed by atoms with Gasteiger partial charge >= 0.3 is 5.69 Å². The number of nitrogens with zero attached hydrogens (tertiary/aromatic N) is 5. The summed E-state index contributed by atoms with van der Waals surface area (Å²) in [4.78, 5) is 16.6. The van der Waals surface area contributed by atoms with Crippen molar-refractivity contribution < 1.29 is 4.52 Å². The molecule has 24 heavy (non-hydrogen) atoms. The van der Waals surface area contributed by atoms with Gasteiger partial charge < -0.3 is 4.52 Å². The Bertz CT molecular complexity index is 1080. The van der Waals surface area contributed by atoms with Gasteiger partial charge in [0.15, 0.2) is 11.5 Å². The van der Waals surface area contributed by atoms with Gasteiger partial charge in [0.05, 0.1) is 0 Å². The number of halogens is 1. The van der Waals surface area contributed by atoms with Gasteiger partial charge in [-0.3, -0.25) is 0 Å². The Kier molecular flexibility index (Phi) is 3.42. The van der Waals surface area contributed by atoms with Gasteiger partial charge in [0.1, 0.15) is 6.54 Å². The van der Waals surface area contributed by atoms with Gasteiger partial charge in [-0.15, -0.1) is 5.10 Å². The smallest absolute Gasteiger partial charge is 0.337 e. The van der Waals surface area contributed by atoms with Crippen LogP contribution >= 0.6 is 11.6 Å². The van der Waals surface area contributed by atoms with Crippen LogP contribution in [0.4, 0.5) is 0 Å². The summed E-state index contributed by atoms with van der Waals surface area (Å²) in [6, 6.07) is 11.1. The van der Waals surface area contributed by atoms with Crippen molar-refractivity contribution in [1.29, 1.82) is 0 Å². The van der Waals surface area contributed by atoms with E-state index in [2.05, 4.69) is 15.2 Å². The third-order valence-corrected chi connectivity index (χ3v) is 3.86. The topological polar surface area (TPSA) is 78.2 Å². The number of pyridine rings is 1. The fourth-order valence-corrected chi connectivity index (χ4v) is 2.59. The molecule has 3 aromatic heterocycles. The normalized spacial score (nSPS) is 11.2. The molecule has 0 aliphatic heterocycles. The van der Waals surface area contributed by atoms with Crippen molar-refractivity contribution in [2.75, 3.05) is 0 Å². The van der Waals surface area contributed by atoms with E-state index in [0.29, 0.717) is 22.4 Å². The predicted octanol–water partition coefficient (Wildman–Crippen LogP) is 2.56. The Hall–Kier alpha value is -2.93. The number of aromatic nitrogens is 5. The molecule has 0 amide bonds. The molecule has 0 saturated carbocycles. The highest BCUT2D eigenvalue weighted by molar-refractivity contribution is 6.30. The molecule has 120 valence electrons. The minimum atomic E-state index is -0.267. The van der Waals surface area contributed by atoms with Gasteiger partial charge in [-0.1, -0.05) is 28.9 Å². The van der Waals surface area contributed by atoms with E-state index in [9.17, 15) is 4.79 Å². The Morgan fingerprint density at radius 3 is 2.58 bits per heavy atom. The molecule has 0 unspecified atom stereocenters. The first-order valence-corrected chi connectivity index (χ1v) is 7.62. The number of hydrogen-bond acceptors (Lipinski definition) is 5. The molecule has 4 rings (SSSR count). The van der Waals surface area contributed by atoms with Crippen molar-refractivity contribution in [1.82, 2.24) is 24.3 Å². The van der Waals surface area contributed by atoms with E-state index in [4.69, 9.17) is 16.1 Å². The fourth-order valence-electron chi connectivity index (χ4n) is 2.47. The maximum absolute atomic E-state index is 12.5. The van der Waals surface area contributed by atoms with Crippen LogP contribution in [0.5, 0.6) is 0 Å². The summed E-state index contributed by atoms with van der Waals surface area (Å²) in [6.07, 6.45) is 1.75. The Balaban J connectivity index is 1.75. The first kappa shape index (κ1) is 14.6. The predicted molar refractivity (Wildman–Crippen MR) is 88.0 cm³/mol. The average molecular weight is 342 g/mol. The van der Waals surface area contributed by atoms with E-state index < -0.39 is 0 Å². The van der Waals surface area contributed by atoms with E-state index in [1.165, 1.54) is 9.08 Å². The van der Waals surface area contributed by atoms with Crippen molar-refractivity contribution in [2.24, 2.45) is 0 Å². The second-order valence-electron chi connectivity index (χ2n) is 5.33. The van der Waals surface area contributed by atoms with Crippen LogP contribution in [0.3, 0.4) is 0 Å². The van der Waals surface area contributed by atoms with Crippen LogP contribution in [0.1, 0.15) is 11.7 Å². The lowest BCUT2D eigenvalue weighted by atomic mass is 10.1. The second kappa shape index (κ2) is 5.61. The van der Waals surface area contributed by atoms with Gasteiger partial charge in [-0.25, -0.2) is 13.9 Å². The lowest BCUT2D eigenvalue weighted by molar-refractivity contribution is 0.361. The number of aryl methyl sites for hydroxylation is 1. The number of rotatable bonds is 3. The summed E-state index contributed by atoms with van der Waals surface area (Å²) in [5, 5.41) is 8.66. The van der Waals surface area contributed by atoms with Crippen LogP contribution in [0.15, 0.2) is 51.9 Å². The zero-order valence-corrected chi connectivity index (χ0v) is 13.4. The number of benzene rings is 1. The van der Waals surface area contributed by atoms with Gasteiger partial charge in [-0.05, 0) is 42.3 Å². The molecule has 0 aliphatic carbocycles. The summed E-state index contributed by atoms with van der Waals surface area (Å²) in [7, 11) is 0. The van der Waals surface area contributed by atoms with Crippen LogP contribution in [0.25, 0.3) is 16.8 Å². The van der Waals surface area contributed by atoms with Crippen molar-refractivity contribution in [3.05, 3.63) is 69.8 Å². The van der Waals surface area contributed by atoms with Crippen molar-refractivity contribution >= 4 is 17.2 Å². The van der Waals surface area contributed by atoms with Crippen molar-refractivity contribution in [3.63, 3.8) is 0 Å². The fraction of sp³-hybridized carbons (Fsp3) is 0.125. The zero-order chi connectivity index (χ0) is 16.7. The molecule has 4 aromatic rings. The number of hydrogen-bond donors (Lipinski definition) is 0. The van der Waals surface area contributed by atoms with E-state index in [0.717, 1.165) is 11.1 Å². The van der Waals surface area contributed by atoms with Crippen LogP contribution in [-0.4, -0.2) is 24.3 Å². The summed E-state index contributed by atoms with van der Waals surface area (Å²) in [5.74, 6) is 0.864. The Labute approximate surface area is 141 Å². The van der Waals surface area contributed by atoms with Gasteiger partial charge in [0.2, 0.25) is 5.89 Å². The molecule has 0 aliphatic rings. The van der Waals surface area contributed by atoms with E-state index in [-0.39, 0.29) is 12.2 Å². The summed E-state index contributed by atoms with van der Waals surface area (Å²) in [5.41, 5.74) is 2.15. The molecule has 0 saturated heterocycles. The van der Waals surface area contributed by atoms with Crippen LogP contribution in [0, 0.1) is 6.92 Å². The maximum Gasteiger partial charge on any atom is 0.350 e. The van der Waals surface area contributed by atoms with Gasteiger partial charge in [-0.2, -0.15) is 4.98 Å². The second-order valence-corrected chi connectivity index (χ2v) is 5.76. The highest BCUT2D eigenvalue weighted by Crippen LogP contribution is 2.21. The maximum atomic E-state index is 12.5. The molecule has 0 spiro atoms. The van der Waals surface area contributed by atoms with E-state index >= 15 is 0 Å². The molecule has 3 heterocycles. The molecular weight excluding hydrogens is 330 g/mol. The van der Waals surface area contributed by atoms with E-state index in [1.54, 1.807) is 19.2 Å². The quantitative estimate of drug-likeness (QED) is 0.572. The molecule has 0 fully saturated rings. The van der Waals surface area contributed by atoms with Crippen LogP contribution < -0.4 is 5.69 Å². The van der Waals surface area contributed by atoms with Crippen molar-refractivity contribution in [3.8, 4) is 11.1 Å². The van der Waals surface area contributed by atoms with Crippen LogP contribution in [0.2, 0.25) is 5.02 Å². The summed E-state index contributed by atoms with van der Waals surface area (Å²) >= 11 is 5.91.